The van der Waals surface area contributed by atoms with E-state index in [1.165, 1.54) is 9.47 Å². The van der Waals surface area contributed by atoms with Crippen LogP contribution in [-0.4, -0.2) is 50.7 Å². The van der Waals surface area contributed by atoms with Gasteiger partial charge in [0.1, 0.15) is 6.04 Å². The topological polar surface area (TPSA) is 115 Å². The quantitative estimate of drug-likeness (QED) is 0.469. The van der Waals surface area contributed by atoms with Gasteiger partial charge in [-0.2, -0.15) is 0 Å². The second-order valence-corrected chi connectivity index (χ2v) is 8.08. The van der Waals surface area contributed by atoms with E-state index in [4.69, 9.17) is 0 Å². The molecule has 162 valence electrons. The standard InChI is InChI=1S/C23H20N4O5/c28-21-19-10-5-11-25(19)23(30)20(27(31)32)12-14-13-26(18-9-4-2-6-15(14)18)22(29)16-7-1-3-8-17(16)24-21/h1-4,6-9,13,19-20H,5,10-12H2,(H,24,28)/t19-,20?/m0/s1. The fraction of sp³-hybridized carbons (Fsp3) is 0.261. The van der Waals surface area contributed by atoms with Crippen LogP contribution in [0.25, 0.3) is 10.9 Å². The van der Waals surface area contributed by atoms with Crippen LogP contribution in [0.1, 0.15) is 28.8 Å². The molecule has 2 aliphatic heterocycles. The van der Waals surface area contributed by atoms with E-state index in [2.05, 4.69) is 5.32 Å². The van der Waals surface area contributed by atoms with E-state index in [-0.39, 0.29) is 18.9 Å². The molecule has 9 heteroatoms. The van der Waals surface area contributed by atoms with E-state index in [0.29, 0.717) is 40.6 Å². The number of nitro groups is 1. The number of fused-ring (bicyclic) bond motifs is 7. The van der Waals surface area contributed by atoms with Crippen molar-refractivity contribution in [3.8, 4) is 0 Å². The van der Waals surface area contributed by atoms with Crippen LogP contribution in [0.2, 0.25) is 0 Å². The van der Waals surface area contributed by atoms with Crippen LogP contribution in [-0.2, 0) is 16.0 Å². The van der Waals surface area contributed by atoms with Gasteiger partial charge in [0.15, 0.2) is 0 Å². The van der Waals surface area contributed by atoms with Gasteiger partial charge in [0.05, 0.1) is 23.2 Å². The summed E-state index contributed by atoms with van der Waals surface area (Å²) in [7, 11) is 0. The Bertz CT molecular complexity index is 1280. The SMILES string of the molecule is O=C1Nc2ccccc2C(=O)n2cc(c3ccccc32)CC([N+](=O)[O-])C(=O)N2CCC[C@@H]12. The molecule has 2 aromatic carbocycles. The average molecular weight is 432 g/mol. The summed E-state index contributed by atoms with van der Waals surface area (Å²) in [5.74, 6) is -1.49. The van der Waals surface area contributed by atoms with Crippen LogP contribution < -0.4 is 5.32 Å². The van der Waals surface area contributed by atoms with Crippen LogP contribution >= 0.6 is 0 Å². The molecule has 1 saturated heterocycles. The second kappa shape index (κ2) is 7.60. The Hall–Kier alpha value is -4.01. The molecule has 1 N–H and O–H groups in total. The first-order chi connectivity index (χ1) is 15.5. The molecule has 0 saturated carbocycles. The number of carbonyl (C=O) groups is 3. The minimum atomic E-state index is -1.54. The van der Waals surface area contributed by atoms with E-state index in [1.54, 1.807) is 54.7 Å². The predicted octanol–water partition coefficient (Wildman–Crippen LogP) is 2.46. The van der Waals surface area contributed by atoms with Crippen LogP contribution in [0.15, 0.2) is 54.7 Å². The molecule has 0 radical (unpaired) electrons. The van der Waals surface area contributed by atoms with Crippen LogP contribution in [0.5, 0.6) is 0 Å². The first-order valence-electron chi connectivity index (χ1n) is 10.4. The molecule has 32 heavy (non-hydrogen) atoms. The highest BCUT2D eigenvalue weighted by Crippen LogP contribution is 2.29. The van der Waals surface area contributed by atoms with Gasteiger partial charge in [-0.15, -0.1) is 0 Å². The van der Waals surface area contributed by atoms with Crippen LogP contribution in [0.3, 0.4) is 0 Å². The van der Waals surface area contributed by atoms with Gasteiger partial charge >= 0.3 is 0 Å². The summed E-state index contributed by atoms with van der Waals surface area (Å²) in [6.45, 7) is 0.281. The van der Waals surface area contributed by atoms with Crippen molar-refractivity contribution in [3.05, 3.63) is 76.0 Å². The van der Waals surface area contributed by atoms with Gasteiger partial charge in [0.2, 0.25) is 5.91 Å². The Labute approximate surface area is 182 Å². The Kier molecular flexibility index (Phi) is 4.73. The van der Waals surface area contributed by atoms with Gasteiger partial charge < -0.3 is 10.2 Å². The molecule has 9 nitrogen and oxygen atoms in total. The molecule has 2 aliphatic rings. The third-order valence-corrected chi connectivity index (χ3v) is 6.22. The van der Waals surface area contributed by atoms with E-state index in [9.17, 15) is 24.5 Å². The molecule has 1 aromatic heterocycles. The van der Waals surface area contributed by atoms with Gasteiger partial charge in [0, 0.05) is 23.1 Å². The number of nitrogens with zero attached hydrogens (tertiary/aromatic N) is 3. The lowest BCUT2D eigenvalue weighted by Crippen LogP contribution is -2.50. The largest absolute Gasteiger partial charge is 0.325 e. The van der Waals surface area contributed by atoms with Crippen molar-refractivity contribution < 1.29 is 19.3 Å². The lowest BCUT2D eigenvalue weighted by Gasteiger charge is -2.25. The molecule has 5 rings (SSSR count). The number of hydrogen-bond acceptors (Lipinski definition) is 5. The zero-order chi connectivity index (χ0) is 22.4. The van der Waals surface area contributed by atoms with Crippen LogP contribution in [0, 0.1) is 10.1 Å². The van der Waals surface area contributed by atoms with Gasteiger partial charge in [-0.05, 0) is 36.6 Å². The number of anilines is 1. The Morgan fingerprint density at radius 3 is 2.59 bits per heavy atom. The van der Waals surface area contributed by atoms with Crippen molar-refractivity contribution in [1.82, 2.24) is 9.47 Å². The molecular weight excluding hydrogens is 412 g/mol. The monoisotopic (exact) mass is 432 g/mol. The first kappa shape index (κ1) is 19.9. The number of carbonyl (C=O) groups excluding carboxylic acids is 3. The number of aromatic nitrogens is 1. The van der Waals surface area contributed by atoms with E-state index >= 15 is 0 Å². The number of rotatable bonds is 1. The summed E-state index contributed by atoms with van der Waals surface area (Å²) in [6, 6.07) is 11.4. The number of amides is 2. The minimum Gasteiger partial charge on any atom is -0.325 e. The van der Waals surface area contributed by atoms with Gasteiger partial charge in [-0.25, -0.2) is 0 Å². The number of hydrogen-bond donors (Lipinski definition) is 1. The third-order valence-electron chi connectivity index (χ3n) is 6.22. The summed E-state index contributed by atoms with van der Waals surface area (Å²) in [4.78, 5) is 52.3. The average Bonchev–Trinajstić information content (AvgIpc) is 3.42. The van der Waals surface area contributed by atoms with Gasteiger partial charge in [0.25, 0.3) is 17.9 Å². The van der Waals surface area contributed by atoms with E-state index in [1.807, 2.05) is 0 Å². The van der Waals surface area contributed by atoms with Crippen molar-refractivity contribution in [3.63, 3.8) is 0 Å². The number of nitrogens with one attached hydrogen (secondary N) is 1. The normalized spacial score (nSPS) is 21.2. The van der Waals surface area contributed by atoms with E-state index < -0.39 is 28.8 Å². The molecule has 0 aliphatic carbocycles. The third kappa shape index (κ3) is 3.13. The van der Waals surface area contributed by atoms with Crippen LogP contribution in [0.4, 0.5) is 5.69 Å². The van der Waals surface area contributed by atoms with Crippen molar-refractivity contribution >= 4 is 34.3 Å². The first-order valence-corrected chi connectivity index (χ1v) is 10.4. The summed E-state index contributed by atoms with van der Waals surface area (Å²) < 4.78 is 1.43. The summed E-state index contributed by atoms with van der Waals surface area (Å²) in [6.07, 6.45) is 2.39. The van der Waals surface area contributed by atoms with Gasteiger partial charge in [-0.1, -0.05) is 30.3 Å². The van der Waals surface area contributed by atoms with Gasteiger partial charge in [-0.3, -0.25) is 29.1 Å². The maximum atomic E-state index is 13.5. The van der Waals surface area contributed by atoms with Crippen molar-refractivity contribution in [2.75, 3.05) is 11.9 Å². The lowest BCUT2D eigenvalue weighted by atomic mass is 10.0. The second-order valence-electron chi connectivity index (χ2n) is 8.08. The molecule has 2 atom stereocenters. The summed E-state index contributed by atoms with van der Waals surface area (Å²) in [5, 5.41) is 15.4. The highest BCUT2D eigenvalue weighted by atomic mass is 16.6. The maximum Gasteiger partial charge on any atom is 0.298 e. The van der Waals surface area contributed by atoms with Crippen molar-refractivity contribution in [2.24, 2.45) is 0 Å². The molecular formula is C23H20N4O5. The van der Waals surface area contributed by atoms with E-state index in [0.717, 1.165) is 0 Å². The number of para-hydroxylation sites is 2. The number of benzene rings is 2. The maximum absolute atomic E-state index is 13.5. The molecule has 1 unspecified atom stereocenters. The Morgan fingerprint density at radius 1 is 1.03 bits per heavy atom. The molecule has 2 amide bonds. The van der Waals surface area contributed by atoms with Crippen molar-refractivity contribution in [1.29, 1.82) is 0 Å². The lowest BCUT2D eigenvalue weighted by molar-refractivity contribution is -0.508. The molecule has 0 spiro atoms. The Balaban J connectivity index is 1.73. The zero-order valence-corrected chi connectivity index (χ0v) is 17.1. The molecule has 1 fully saturated rings. The molecule has 3 heterocycles. The minimum absolute atomic E-state index is 0.168. The zero-order valence-electron chi connectivity index (χ0n) is 17.1. The Morgan fingerprint density at radius 2 is 1.78 bits per heavy atom. The molecule has 3 aromatic rings. The predicted molar refractivity (Wildman–Crippen MR) is 116 cm³/mol. The fourth-order valence-corrected chi connectivity index (χ4v) is 4.66. The van der Waals surface area contributed by atoms with Crippen molar-refractivity contribution in [2.45, 2.75) is 31.3 Å². The smallest absolute Gasteiger partial charge is 0.298 e. The highest BCUT2D eigenvalue weighted by Gasteiger charge is 2.42. The summed E-state index contributed by atoms with van der Waals surface area (Å²) in [5.41, 5.74) is 1.76. The molecule has 2 bridgehead atoms. The highest BCUT2D eigenvalue weighted by molar-refractivity contribution is 6.09. The summed E-state index contributed by atoms with van der Waals surface area (Å²) >= 11 is 0. The fourth-order valence-electron chi connectivity index (χ4n) is 4.66.